The molecule has 282 valence electrons. The zero-order valence-corrected chi connectivity index (χ0v) is 32.6. The predicted octanol–water partition coefficient (Wildman–Crippen LogP) is 8.89. The lowest BCUT2D eigenvalue weighted by Crippen LogP contribution is -2.49. The third-order valence-corrected chi connectivity index (χ3v) is 12.4. The molecule has 11 nitrogen and oxygen atoms in total. The van der Waals surface area contributed by atoms with Gasteiger partial charge in [0.05, 0.1) is 34.6 Å². The maximum atomic E-state index is 15.1. The van der Waals surface area contributed by atoms with Crippen molar-refractivity contribution in [1.29, 1.82) is 0 Å². The van der Waals surface area contributed by atoms with Gasteiger partial charge in [-0.05, 0) is 93.0 Å². The van der Waals surface area contributed by atoms with E-state index in [9.17, 15) is 8.42 Å². The van der Waals surface area contributed by atoms with Crippen LogP contribution in [0.4, 0.5) is 5.95 Å². The molecule has 8 rings (SSSR count). The van der Waals surface area contributed by atoms with E-state index in [0.717, 1.165) is 65.6 Å². The monoisotopic (exact) mass is 748 g/mol. The molecule has 0 radical (unpaired) electrons. The first-order valence-electron chi connectivity index (χ1n) is 19.2. The summed E-state index contributed by atoms with van der Waals surface area (Å²) in [5.74, 6) is 1.81. The zero-order chi connectivity index (χ0) is 37.9. The number of hydrogen-bond acceptors (Lipinski definition) is 9. The van der Waals surface area contributed by atoms with Crippen LogP contribution in [0.3, 0.4) is 0 Å². The van der Waals surface area contributed by atoms with Gasteiger partial charge in [0, 0.05) is 28.7 Å². The molecule has 2 aliphatic heterocycles. The highest BCUT2D eigenvalue weighted by molar-refractivity contribution is 7.92. The molecule has 12 heteroatoms. The van der Waals surface area contributed by atoms with Crippen LogP contribution in [0, 0.1) is 25.7 Å². The molecule has 1 saturated carbocycles. The smallest absolute Gasteiger partial charge is 0.264 e. The van der Waals surface area contributed by atoms with Crippen molar-refractivity contribution >= 4 is 33.1 Å². The van der Waals surface area contributed by atoms with E-state index in [2.05, 4.69) is 42.4 Å². The van der Waals surface area contributed by atoms with Gasteiger partial charge in [-0.1, -0.05) is 58.4 Å². The van der Waals surface area contributed by atoms with E-state index in [0.29, 0.717) is 35.4 Å². The fourth-order valence-electron chi connectivity index (χ4n) is 8.50. The Morgan fingerprint density at radius 2 is 1.70 bits per heavy atom. The molecule has 5 aromatic rings. The number of furan rings is 1. The van der Waals surface area contributed by atoms with Crippen LogP contribution in [-0.4, -0.2) is 51.8 Å². The minimum Gasteiger partial charge on any atom is -0.475 e. The van der Waals surface area contributed by atoms with Gasteiger partial charge in [-0.3, -0.25) is 4.79 Å². The van der Waals surface area contributed by atoms with Gasteiger partial charge in [0.2, 0.25) is 17.5 Å². The van der Waals surface area contributed by atoms with Gasteiger partial charge in [0.1, 0.15) is 17.9 Å². The number of amides is 1. The molecule has 3 atom stereocenters. The van der Waals surface area contributed by atoms with Crippen molar-refractivity contribution in [2.75, 3.05) is 11.3 Å². The zero-order valence-electron chi connectivity index (χ0n) is 31.8. The summed E-state index contributed by atoms with van der Waals surface area (Å²) in [6, 6.07) is 13.1. The first-order chi connectivity index (χ1) is 25.9. The maximum absolute atomic E-state index is 15.1. The van der Waals surface area contributed by atoms with Crippen molar-refractivity contribution in [3.63, 3.8) is 0 Å². The number of aryl methyl sites for hydroxylation is 2. The van der Waals surface area contributed by atoms with Gasteiger partial charge in [-0.2, -0.15) is 4.98 Å². The Bertz CT molecular complexity index is 2330. The van der Waals surface area contributed by atoms with E-state index >= 15 is 4.79 Å². The number of ether oxygens (including phenoxy) is 1. The molecule has 1 amide bonds. The van der Waals surface area contributed by atoms with Crippen LogP contribution in [0.15, 0.2) is 64.0 Å². The normalized spacial score (nSPS) is 21.4. The average molecular weight is 749 g/mol. The number of aromatic nitrogens is 4. The van der Waals surface area contributed by atoms with Crippen molar-refractivity contribution in [3.05, 3.63) is 88.4 Å². The van der Waals surface area contributed by atoms with Gasteiger partial charge < -0.3 is 14.1 Å². The van der Waals surface area contributed by atoms with E-state index in [-0.39, 0.29) is 52.7 Å². The van der Waals surface area contributed by atoms with Crippen molar-refractivity contribution in [3.8, 4) is 17.1 Å². The fraction of sp³-hybridized carbons (Fsp3) is 0.452. The Labute approximate surface area is 317 Å². The van der Waals surface area contributed by atoms with Gasteiger partial charge in [-0.15, -0.1) is 0 Å². The highest BCUT2D eigenvalue weighted by atomic mass is 32.2. The first kappa shape index (κ1) is 36.2. The minimum atomic E-state index is -4.20. The lowest BCUT2D eigenvalue weighted by Gasteiger charge is -2.39. The molecule has 4 bridgehead atoms. The molecule has 54 heavy (non-hydrogen) atoms. The number of nitrogens with one attached hydrogen (secondary N) is 1. The molecule has 2 aromatic carbocycles. The number of nitrogens with zero attached hydrogens (tertiary/aromatic N) is 5. The molecule has 1 aliphatic carbocycles. The molecule has 3 aliphatic rings. The number of benzene rings is 2. The number of hydrogen-bond donors (Lipinski definition) is 1. The standard InChI is InChI=1S/C42H48N6O5S/c1-23(2)18-28-12-9-15-33(32-21-43-40-38(44-32)37(27-16-17-27)39(53-40)24(3)4)48-34(28)22-52-35-20-31(36-25(5)10-7-11-26(36)6)45-42(46-35)47-54(50,51)30-14-8-13-29(19-30)41(48)49/h7-8,10-11,13-14,19-21,23-24,27-28,33-34H,9,12,15-18,22H2,1-6H3,(H,45,46,47)/t28-,33?,34-/m0/s1. The minimum absolute atomic E-state index is 0.0623. The van der Waals surface area contributed by atoms with Gasteiger partial charge in [0.15, 0.2) is 0 Å². The van der Waals surface area contributed by atoms with Crippen molar-refractivity contribution in [1.82, 2.24) is 24.8 Å². The molecule has 1 unspecified atom stereocenters. The summed E-state index contributed by atoms with van der Waals surface area (Å²) in [6.07, 6.45) is 7.23. The molecular weight excluding hydrogens is 701 g/mol. The number of anilines is 1. The number of carbonyl (C=O) groups excluding carboxylic acids is 1. The lowest BCUT2D eigenvalue weighted by molar-refractivity contribution is 0.0354. The van der Waals surface area contributed by atoms with E-state index in [4.69, 9.17) is 19.1 Å². The summed E-state index contributed by atoms with van der Waals surface area (Å²) >= 11 is 0. The first-order valence-corrected chi connectivity index (χ1v) is 20.7. The van der Waals surface area contributed by atoms with Crippen LogP contribution in [0.25, 0.3) is 22.5 Å². The third kappa shape index (κ3) is 6.85. The summed E-state index contributed by atoms with van der Waals surface area (Å²) in [5.41, 5.74) is 6.79. The predicted molar refractivity (Wildman–Crippen MR) is 207 cm³/mol. The van der Waals surface area contributed by atoms with Crippen LogP contribution in [0.2, 0.25) is 0 Å². The Balaban J connectivity index is 1.30. The summed E-state index contributed by atoms with van der Waals surface area (Å²) in [4.78, 5) is 36.3. The Hall–Kier alpha value is -4.84. The van der Waals surface area contributed by atoms with E-state index in [1.807, 2.05) is 36.9 Å². The Morgan fingerprint density at radius 1 is 0.944 bits per heavy atom. The summed E-state index contributed by atoms with van der Waals surface area (Å²) in [7, 11) is -4.20. The van der Waals surface area contributed by atoms with Gasteiger partial charge in [-0.25, -0.2) is 28.1 Å². The molecule has 3 aromatic heterocycles. The summed E-state index contributed by atoms with van der Waals surface area (Å²) in [6.45, 7) is 12.8. The SMILES string of the molecule is Cc1cccc(C)c1-c1cc2nc(n1)NS(=O)(=O)c1cccc(c1)C(=O)N1C(c3cnc4oc(C(C)C)c(C5CC5)c4n3)CCC[C@@H](CC(C)C)[C@@H]1CO2. The summed E-state index contributed by atoms with van der Waals surface area (Å²) < 4.78 is 43.4. The highest BCUT2D eigenvalue weighted by Gasteiger charge is 2.42. The van der Waals surface area contributed by atoms with Crippen molar-refractivity contribution in [2.45, 2.75) is 109 Å². The molecular formula is C42H48N6O5S. The average Bonchev–Trinajstić information content (AvgIpc) is 3.92. The number of carbonyl (C=O) groups is 1. The molecule has 2 fully saturated rings. The van der Waals surface area contributed by atoms with E-state index in [1.54, 1.807) is 24.4 Å². The Morgan fingerprint density at radius 3 is 2.43 bits per heavy atom. The van der Waals surface area contributed by atoms with Crippen molar-refractivity contribution < 1.29 is 22.4 Å². The second-order valence-electron chi connectivity index (χ2n) is 16.0. The molecule has 5 heterocycles. The molecule has 1 saturated heterocycles. The summed E-state index contributed by atoms with van der Waals surface area (Å²) in [5, 5.41) is 0. The number of rotatable bonds is 6. The van der Waals surface area contributed by atoms with Crippen LogP contribution in [0.5, 0.6) is 5.88 Å². The second-order valence-corrected chi connectivity index (χ2v) is 17.7. The number of sulfonamides is 1. The molecule has 0 spiro atoms. The number of fused-ring (bicyclic) bond motifs is 6. The van der Waals surface area contributed by atoms with Crippen molar-refractivity contribution in [2.24, 2.45) is 11.8 Å². The second kappa shape index (κ2) is 14.1. The van der Waals surface area contributed by atoms with Gasteiger partial charge >= 0.3 is 0 Å². The van der Waals surface area contributed by atoms with E-state index < -0.39 is 16.1 Å². The largest absolute Gasteiger partial charge is 0.475 e. The van der Waals surface area contributed by atoms with Gasteiger partial charge in [0.25, 0.3) is 15.9 Å². The lowest BCUT2D eigenvalue weighted by atomic mass is 9.87. The van der Waals surface area contributed by atoms with Crippen LogP contribution >= 0.6 is 0 Å². The molecule has 1 N–H and O–H groups in total. The third-order valence-electron chi connectivity index (χ3n) is 11.1. The Kier molecular flexibility index (Phi) is 9.44. The highest BCUT2D eigenvalue weighted by Crippen LogP contribution is 2.48. The van der Waals surface area contributed by atoms with Crippen LogP contribution in [0.1, 0.15) is 123 Å². The van der Waals surface area contributed by atoms with Crippen LogP contribution < -0.4 is 9.46 Å². The maximum Gasteiger partial charge on any atom is 0.264 e. The topological polar surface area (TPSA) is 140 Å². The van der Waals surface area contributed by atoms with E-state index in [1.165, 1.54) is 12.1 Å². The quantitative estimate of drug-likeness (QED) is 0.180. The fourth-order valence-corrected chi connectivity index (χ4v) is 9.49. The van der Waals surface area contributed by atoms with Crippen LogP contribution in [-0.2, 0) is 10.0 Å².